The number of hydrogen-bond donors (Lipinski definition) is 1. The minimum Gasteiger partial charge on any atom is -0.329 e. The van der Waals surface area contributed by atoms with E-state index in [9.17, 15) is 0 Å². The lowest BCUT2D eigenvalue weighted by atomic mass is 10.1. The van der Waals surface area contributed by atoms with Gasteiger partial charge in [0.25, 0.3) is 0 Å². The predicted octanol–water partition coefficient (Wildman–Crippen LogP) is -0.0140. The molecular weight excluding hydrogens is 140 g/mol. The van der Waals surface area contributed by atoms with Crippen molar-refractivity contribution in [1.29, 1.82) is 5.26 Å². The van der Waals surface area contributed by atoms with Gasteiger partial charge in [-0.3, -0.25) is 4.68 Å². The summed E-state index contributed by atoms with van der Waals surface area (Å²) in [6.07, 6.45) is 3.47. The van der Waals surface area contributed by atoms with Crippen LogP contribution in [0.15, 0.2) is 12.4 Å². The van der Waals surface area contributed by atoms with Gasteiger partial charge < -0.3 is 5.73 Å². The fraction of sp³-hybridized carbons (Fsp3) is 0.429. The van der Waals surface area contributed by atoms with E-state index in [4.69, 9.17) is 11.0 Å². The van der Waals surface area contributed by atoms with E-state index in [2.05, 4.69) is 11.2 Å². The molecule has 2 N–H and O–H groups in total. The molecule has 1 unspecified atom stereocenters. The largest absolute Gasteiger partial charge is 0.329 e. The standard InChI is InChI=1S/C7H10N4/c1-11-5-7(4-10-11)6(2-8)3-9/h4-6H,2,8H2,1H3. The molecule has 0 fully saturated rings. The molecule has 58 valence electrons. The lowest BCUT2D eigenvalue weighted by molar-refractivity contribution is 0.765. The number of nitrogens with two attached hydrogens (primary N) is 1. The van der Waals surface area contributed by atoms with E-state index in [1.165, 1.54) is 0 Å². The van der Waals surface area contributed by atoms with Crippen molar-refractivity contribution in [3.05, 3.63) is 18.0 Å². The second kappa shape index (κ2) is 3.17. The van der Waals surface area contributed by atoms with Crippen molar-refractivity contribution in [2.45, 2.75) is 5.92 Å². The SMILES string of the molecule is Cn1cc(C(C#N)CN)cn1. The van der Waals surface area contributed by atoms with Gasteiger partial charge in [0.05, 0.1) is 18.2 Å². The monoisotopic (exact) mass is 150 g/mol. The molecule has 0 saturated carbocycles. The Morgan fingerprint density at radius 3 is 3.00 bits per heavy atom. The number of aryl methyl sites for hydroxylation is 1. The van der Waals surface area contributed by atoms with Crippen LogP contribution in [0.3, 0.4) is 0 Å². The Bertz CT molecular complexity index is 270. The van der Waals surface area contributed by atoms with Crippen LogP contribution in [0, 0.1) is 11.3 Å². The molecule has 0 saturated heterocycles. The third kappa shape index (κ3) is 1.57. The first-order valence-electron chi connectivity index (χ1n) is 3.36. The van der Waals surface area contributed by atoms with Crippen LogP contribution < -0.4 is 5.73 Å². The van der Waals surface area contributed by atoms with Gasteiger partial charge in [0.15, 0.2) is 0 Å². The Kier molecular flexibility index (Phi) is 2.24. The van der Waals surface area contributed by atoms with Crippen LogP contribution in [0.5, 0.6) is 0 Å². The average molecular weight is 150 g/mol. The fourth-order valence-corrected chi connectivity index (χ4v) is 0.883. The predicted molar refractivity (Wildman–Crippen MR) is 40.6 cm³/mol. The summed E-state index contributed by atoms with van der Waals surface area (Å²) in [5.41, 5.74) is 6.25. The van der Waals surface area contributed by atoms with Crippen LogP contribution in [-0.2, 0) is 7.05 Å². The molecule has 4 nitrogen and oxygen atoms in total. The minimum absolute atomic E-state index is 0.219. The second-order valence-corrected chi connectivity index (χ2v) is 2.36. The number of aromatic nitrogens is 2. The molecule has 0 aromatic carbocycles. The van der Waals surface area contributed by atoms with Crippen LogP contribution in [0.25, 0.3) is 0 Å². The summed E-state index contributed by atoms with van der Waals surface area (Å²) in [5, 5.41) is 12.6. The van der Waals surface area contributed by atoms with Crippen molar-refractivity contribution in [2.24, 2.45) is 12.8 Å². The van der Waals surface area contributed by atoms with E-state index >= 15 is 0 Å². The highest BCUT2D eigenvalue weighted by Gasteiger charge is 2.08. The molecule has 0 aliphatic heterocycles. The average Bonchev–Trinajstić information content (AvgIpc) is 2.39. The molecule has 0 aliphatic carbocycles. The van der Waals surface area contributed by atoms with Crippen LogP contribution in [-0.4, -0.2) is 16.3 Å². The molecule has 0 aliphatic rings. The minimum atomic E-state index is -0.219. The molecule has 0 spiro atoms. The highest BCUT2D eigenvalue weighted by atomic mass is 15.2. The van der Waals surface area contributed by atoms with Gasteiger partial charge >= 0.3 is 0 Å². The molecule has 0 bridgehead atoms. The number of nitrogens with zero attached hydrogens (tertiary/aromatic N) is 3. The third-order valence-electron chi connectivity index (χ3n) is 1.52. The van der Waals surface area contributed by atoms with Gasteiger partial charge in [-0.05, 0) is 0 Å². The zero-order valence-electron chi connectivity index (χ0n) is 6.36. The highest BCUT2D eigenvalue weighted by molar-refractivity contribution is 5.19. The molecule has 4 heteroatoms. The number of nitriles is 1. The Balaban J connectivity index is 2.84. The van der Waals surface area contributed by atoms with E-state index < -0.39 is 0 Å². The highest BCUT2D eigenvalue weighted by Crippen LogP contribution is 2.10. The Labute approximate surface area is 65.2 Å². The maximum atomic E-state index is 8.62. The lowest BCUT2D eigenvalue weighted by Crippen LogP contribution is -2.09. The van der Waals surface area contributed by atoms with E-state index in [0.717, 1.165) is 5.56 Å². The van der Waals surface area contributed by atoms with Gasteiger partial charge in [-0.1, -0.05) is 0 Å². The van der Waals surface area contributed by atoms with Crippen molar-refractivity contribution < 1.29 is 0 Å². The van der Waals surface area contributed by atoms with Crippen molar-refractivity contribution in [3.8, 4) is 6.07 Å². The van der Waals surface area contributed by atoms with Gasteiger partial charge in [0, 0.05) is 25.4 Å². The van der Waals surface area contributed by atoms with Gasteiger partial charge in [0.2, 0.25) is 0 Å². The Hall–Kier alpha value is -1.34. The lowest BCUT2D eigenvalue weighted by Gasteiger charge is -1.99. The fourth-order valence-electron chi connectivity index (χ4n) is 0.883. The summed E-state index contributed by atoms with van der Waals surface area (Å²) in [6.45, 7) is 0.349. The molecule has 1 atom stereocenters. The number of rotatable bonds is 2. The van der Waals surface area contributed by atoms with Gasteiger partial charge in [-0.15, -0.1) is 0 Å². The second-order valence-electron chi connectivity index (χ2n) is 2.36. The van der Waals surface area contributed by atoms with Crippen LogP contribution in [0.1, 0.15) is 11.5 Å². The van der Waals surface area contributed by atoms with Crippen LogP contribution in [0.4, 0.5) is 0 Å². The van der Waals surface area contributed by atoms with Gasteiger partial charge in [-0.2, -0.15) is 10.4 Å². The van der Waals surface area contributed by atoms with E-state index in [1.54, 1.807) is 17.1 Å². The van der Waals surface area contributed by atoms with Crippen molar-refractivity contribution in [2.75, 3.05) is 6.54 Å². The third-order valence-corrected chi connectivity index (χ3v) is 1.52. The molecule has 1 rings (SSSR count). The summed E-state index contributed by atoms with van der Waals surface area (Å²) in [4.78, 5) is 0. The van der Waals surface area contributed by atoms with Crippen LogP contribution in [0.2, 0.25) is 0 Å². The summed E-state index contributed by atoms with van der Waals surface area (Å²) in [5.74, 6) is -0.219. The molecule has 0 amide bonds. The zero-order valence-corrected chi connectivity index (χ0v) is 6.36. The maximum absolute atomic E-state index is 8.62. The summed E-state index contributed by atoms with van der Waals surface area (Å²) in [6, 6.07) is 2.10. The van der Waals surface area contributed by atoms with Crippen molar-refractivity contribution >= 4 is 0 Å². The smallest absolute Gasteiger partial charge is 0.0865 e. The first-order valence-corrected chi connectivity index (χ1v) is 3.36. The van der Waals surface area contributed by atoms with Gasteiger partial charge in [0.1, 0.15) is 0 Å². The molecule has 1 aromatic rings. The Morgan fingerprint density at radius 2 is 2.64 bits per heavy atom. The molecule has 11 heavy (non-hydrogen) atoms. The quantitative estimate of drug-likeness (QED) is 0.644. The Morgan fingerprint density at radius 1 is 1.91 bits per heavy atom. The maximum Gasteiger partial charge on any atom is 0.0865 e. The van der Waals surface area contributed by atoms with Crippen molar-refractivity contribution in [1.82, 2.24) is 9.78 Å². The van der Waals surface area contributed by atoms with E-state index in [1.807, 2.05) is 7.05 Å². The van der Waals surface area contributed by atoms with Gasteiger partial charge in [-0.25, -0.2) is 0 Å². The van der Waals surface area contributed by atoms with E-state index in [0.29, 0.717) is 6.54 Å². The first-order chi connectivity index (χ1) is 5.27. The topological polar surface area (TPSA) is 67.6 Å². The van der Waals surface area contributed by atoms with E-state index in [-0.39, 0.29) is 5.92 Å². The normalized spacial score (nSPS) is 12.5. The molecular formula is C7H10N4. The zero-order chi connectivity index (χ0) is 8.27. The molecule has 1 aromatic heterocycles. The molecule has 1 heterocycles. The number of hydrogen-bond acceptors (Lipinski definition) is 3. The first kappa shape index (κ1) is 7.76. The van der Waals surface area contributed by atoms with Crippen LogP contribution >= 0.6 is 0 Å². The molecule has 0 radical (unpaired) electrons. The summed E-state index contributed by atoms with van der Waals surface area (Å²) in [7, 11) is 1.81. The van der Waals surface area contributed by atoms with Crippen molar-refractivity contribution in [3.63, 3.8) is 0 Å². The summed E-state index contributed by atoms with van der Waals surface area (Å²) < 4.78 is 1.66. The summed E-state index contributed by atoms with van der Waals surface area (Å²) >= 11 is 0.